The van der Waals surface area contributed by atoms with Gasteiger partial charge < -0.3 is 21.5 Å². The van der Waals surface area contributed by atoms with Gasteiger partial charge >= 0.3 is 6.09 Å². The lowest BCUT2D eigenvalue weighted by molar-refractivity contribution is 0.205. The van der Waals surface area contributed by atoms with Gasteiger partial charge in [0.15, 0.2) is 5.11 Å². The summed E-state index contributed by atoms with van der Waals surface area (Å²) in [6, 6.07) is 0. The van der Waals surface area contributed by atoms with Gasteiger partial charge in [0, 0.05) is 14.1 Å². The Morgan fingerprint density at radius 2 is 1.70 bits per heavy atom. The molecule has 0 aliphatic carbocycles. The monoisotopic (exact) mass is 165 g/mol. The van der Waals surface area contributed by atoms with E-state index in [1.165, 1.54) is 0 Å². The van der Waals surface area contributed by atoms with Gasteiger partial charge in [-0.1, -0.05) is 0 Å². The molecule has 0 heterocycles. The Morgan fingerprint density at radius 1 is 1.50 bits per heavy atom. The molecule has 10 heavy (non-hydrogen) atoms. The van der Waals surface area contributed by atoms with E-state index in [4.69, 9.17) is 9.90 Å². The fourth-order valence-corrected chi connectivity index (χ4v) is 0.125. The summed E-state index contributed by atoms with van der Waals surface area (Å²) in [5.74, 6) is 0. The molecule has 60 valence electrons. The average molecular weight is 165 g/mol. The van der Waals surface area contributed by atoms with Crippen LogP contribution in [0, 0.1) is 0 Å². The van der Waals surface area contributed by atoms with Crippen molar-refractivity contribution in [2.75, 3.05) is 14.1 Å². The minimum Gasteiger partial charge on any atom is -0.465 e. The predicted molar refractivity (Wildman–Crippen MR) is 42.9 cm³/mol. The van der Waals surface area contributed by atoms with E-state index >= 15 is 0 Å². The molecule has 0 unspecified atom stereocenters. The quantitative estimate of drug-likeness (QED) is 0.358. The molecule has 0 atom stereocenters. The number of thiocarbonyl (C=S) groups is 1. The molecule has 0 aromatic rings. The Balaban J connectivity index is 0. The van der Waals surface area contributed by atoms with Crippen LogP contribution in [0.5, 0.6) is 0 Å². The number of rotatable bonds is 0. The van der Waals surface area contributed by atoms with E-state index in [-0.39, 0.29) is 0 Å². The SMILES string of the molecule is CNC(=S)NC.NC(=O)O. The zero-order valence-electron chi connectivity index (χ0n) is 5.84. The van der Waals surface area contributed by atoms with Crippen molar-refractivity contribution in [3.05, 3.63) is 0 Å². The molecule has 0 rings (SSSR count). The number of carbonyl (C=O) groups is 1. The minimum atomic E-state index is -1.33. The Hall–Kier alpha value is -1.04. The van der Waals surface area contributed by atoms with Gasteiger partial charge in [-0.25, -0.2) is 4.79 Å². The minimum absolute atomic E-state index is 0.676. The summed E-state index contributed by atoms with van der Waals surface area (Å²) in [5, 5.41) is 13.3. The summed E-state index contributed by atoms with van der Waals surface area (Å²) >= 11 is 4.63. The lowest BCUT2D eigenvalue weighted by atomic mass is 11.0. The predicted octanol–water partition coefficient (Wildman–Crippen LogP) is -0.667. The topological polar surface area (TPSA) is 87.4 Å². The number of primary amides is 1. The van der Waals surface area contributed by atoms with Crippen LogP contribution in [0.25, 0.3) is 0 Å². The second kappa shape index (κ2) is 7.96. The van der Waals surface area contributed by atoms with Crippen LogP contribution in [0.15, 0.2) is 0 Å². The van der Waals surface area contributed by atoms with Gasteiger partial charge in [-0.2, -0.15) is 0 Å². The molecule has 0 spiro atoms. The summed E-state index contributed by atoms with van der Waals surface area (Å²) in [4.78, 5) is 8.78. The van der Waals surface area contributed by atoms with Crippen molar-refractivity contribution in [1.29, 1.82) is 0 Å². The van der Waals surface area contributed by atoms with Gasteiger partial charge in [-0.15, -0.1) is 0 Å². The molecule has 5 nitrogen and oxygen atoms in total. The van der Waals surface area contributed by atoms with E-state index in [1.54, 1.807) is 14.1 Å². The van der Waals surface area contributed by atoms with Crippen LogP contribution >= 0.6 is 12.2 Å². The molecule has 6 heteroatoms. The number of hydrogen-bond acceptors (Lipinski definition) is 2. The third-order valence-electron chi connectivity index (χ3n) is 0.454. The maximum absolute atomic E-state index is 8.78. The van der Waals surface area contributed by atoms with Crippen molar-refractivity contribution >= 4 is 23.4 Å². The normalized spacial score (nSPS) is 6.60. The first-order chi connectivity index (χ1) is 4.54. The van der Waals surface area contributed by atoms with Crippen LogP contribution < -0.4 is 16.4 Å². The highest BCUT2D eigenvalue weighted by Gasteiger charge is 1.75. The average Bonchev–Trinajstić information content (AvgIpc) is 1.85. The fourth-order valence-electron chi connectivity index (χ4n) is 0.125. The van der Waals surface area contributed by atoms with E-state index in [1.807, 2.05) is 0 Å². The van der Waals surface area contributed by atoms with Crippen molar-refractivity contribution in [1.82, 2.24) is 10.6 Å². The second-order valence-corrected chi connectivity index (χ2v) is 1.58. The first kappa shape index (κ1) is 11.7. The van der Waals surface area contributed by atoms with Gasteiger partial charge in [0.05, 0.1) is 0 Å². The molecule has 5 N–H and O–H groups in total. The molecule has 0 aliphatic rings. The highest BCUT2D eigenvalue weighted by atomic mass is 32.1. The van der Waals surface area contributed by atoms with Crippen LogP contribution in [-0.4, -0.2) is 30.4 Å². The fraction of sp³-hybridized carbons (Fsp3) is 0.500. The maximum atomic E-state index is 8.78. The maximum Gasteiger partial charge on any atom is 0.402 e. The molecule has 0 aromatic carbocycles. The molecule has 0 aliphatic heterocycles. The van der Waals surface area contributed by atoms with Crippen LogP contribution in [0.3, 0.4) is 0 Å². The first-order valence-corrected chi connectivity index (χ1v) is 2.83. The molecule has 0 fully saturated rings. The van der Waals surface area contributed by atoms with Crippen molar-refractivity contribution in [2.24, 2.45) is 5.73 Å². The van der Waals surface area contributed by atoms with Gasteiger partial charge in [-0.3, -0.25) is 0 Å². The number of nitrogens with two attached hydrogens (primary N) is 1. The summed E-state index contributed by atoms with van der Waals surface area (Å²) < 4.78 is 0. The molecule has 0 saturated carbocycles. The van der Waals surface area contributed by atoms with Gasteiger partial charge in [0.1, 0.15) is 0 Å². The molecular weight excluding hydrogens is 154 g/mol. The van der Waals surface area contributed by atoms with Crippen molar-refractivity contribution in [3.63, 3.8) is 0 Å². The highest BCUT2D eigenvalue weighted by Crippen LogP contribution is 1.52. The smallest absolute Gasteiger partial charge is 0.402 e. The summed E-state index contributed by atoms with van der Waals surface area (Å²) in [7, 11) is 3.55. The van der Waals surface area contributed by atoms with Gasteiger partial charge in [-0.05, 0) is 12.2 Å². The number of carboxylic acid groups (broad SMARTS) is 1. The third kappa shape index (κ3) is 28.2. The van der Waals surface area contributed by atoms with Crippen molar-refractivity contribution < 1.29 is 9.90 Å². The Morgan fingerprint density at radius 3 is 1.70 bits per heavy atom. The number of nitrogens with one attached hydrogen (secondary N) is 2. The van der Waals surface area contributed by atoms with Crippen LogP contribution in [0.4, 0.5) is 4.79 Å². The van der Waals surface area contributed by atoms with Gasteiger partial charge in [0.25, 0.3) is 0 Å². The van der Waals surface area contributed by atoms with E-state index in [0.29, 0.717) is 5.11 Å². The standard InChI is InChI=1S/C3H8N2S.CH3NO2/c1-4-3(6)5-2;2-1(3)4/h1-2H3,(H2,4,5,6);2H2,(H,3,4). The van der Waals surface area contributed by atoms with Crippen LogP contribution in [-0.2, 0) is 0 Å². The van der Waals surface area contributed by atoms with Crippen LogP contribution in [0.2, 0.25) is 0 Å². The zero-order chi connectivity index (χ0) is 8.57. The van der Waals surface area contributed by atoms with E-state index < -0.39 is 6.09 Å². The summed E-state index contributed by atoms with van der Waals surface area (Å²) in [6.45, 7) is 0. The van der Waals surface area contributed by atoms with Crippen LogP contribution in [0.1, 0.15) is 0 Å². The third-order valence-corrected chi connectivity index (χ3v) is 0.862. The highest BCUT2D eigenvalue weighted by molar-refractivity contribution is 7.80. The van der Waals surface area contributed by atoms with E-state index in [2.05, 4.69) is 28.6 Å². The van der Waals surface area contributed by atoms with Crippen molar-refractivity contribution in [3.8, 4) is 0 Å². The molecule has 0 bridgehead atoms. The molecular formula is C4H11N3O2S. The lowest BCUT2D eigenvalue weighted by Gasteiger charge is -1.95. The molecule has 0 saturated heterocycles. The largest absolute Gasteiger partial charge is 0.465 e. The second-order valence-electron chi connectivity index (χ2n) is 1.17. The lowest BCUT2D eigenvalue weighted by Crippen LogP contribution is -2.28. The molecule has 0 radical (unpaired) electrons. The van der Waals surface area contributed by atoms with E-state index in [0.717, 1.165) is 0 Å². The number of hydrogen-bond donors (Lipinski definition) is 4. The number of amides is 1. The van der Waals surface area contributed by atoms with Crippen molar-refractivity contribution in [2.45, 2.75) is 0 Å². The zero-order valence-corrected chi connectivity index (χ0v) is 6.66. The van der Waals surface area contributed by atoms with Gasteiger partial charge in [0.2, 0.25) is 0 Å². The summed E-state index contributed by atoms with van der Waals surface area (Å²) in [5.41, 5.74) is 4.03. The molecule has 1 amide bonds. The molecule has 0 aromatic heterocycles. The Bertz CT molecular complexity index is 107. The first-order valence-electron chi connectivity index (χ1n) is 2.42. The Kier molecular flexibility index (Phi) is 9.33. The Labute approximate surface area is 64.6 Å². The summed E-state index contributed by atoms with van der Waals surface area (Å²) in [6.07, 6.45) is -1.33. The van der Waals surface area contributed by atoms with E-state index in [9.17, 15) is 0 Å².